The first-order valence-electron chi connectivity index (χ1n) is 7.52. The van der Waals surface area contributed by atoms with Crippen molar-refractivity contribution in [2.24, 2.45) is 5.92 Å². The topological polar surface area (TPSA) is 81.1 Å². The molecule has 0 spiro atoms. The fraction of sp³-hybridized carbons (Fsp3) is 0.857. The largest absolute Gasteiger partial charge is 0.481 e. The van der Waals surface area contributed by atoms with Gasteiger partial charge in [-0.25, -0.2) is 4.79 Å². The highest BCUT2D eigenvalue weighted by atomic mass is 16.4. The van der Waals surface area contributed by atoms with Crippen molar-refractivity contribution in [2.75, 3.05) is 26.2 Å². The van der Waals surface area contributed by atoms with Crippen molar-refractivity contribution in [2.45, 2.75) is 44.6 Å². The van der Waals surface area contributed by atoms with E-state index < -0.39 is 11.9 Å². The minimum absolute atomic E-state index is 0.0471. The summed E-state index contributed by atoms with van der Waals surface area (Å²) in [5.41, 5.74) is 0. The van der Waals surface area contributed by atoms with Gasteiger partial charge in [0, 0.05) is 32.3 Å². The van der Waals surface area contributed by atoms with Crippen molar-refractivity contribution in [3.63, 3.8) is 0 Å². The number of aliphatic carboxylic acids is 1. The van der Waals surface area contributed by atoms with Crippen molar-refractivity contribution < 1.29 is 19.8 Å². The Balaban J connectivity index is 1.99. The lowest BCUT2D eigenvalue weighted by atomic mass is 9.97. The molecule has 2 aliphatic heterocycles. The smallest absolute Gasteiger partial charge is 0.320 e. The highest BCUT2D eigenvalue weighted by molar-refractivity contribution is 5.77. The zero-order chi connectivity index (χ0) is 14.5. The second kappa shape index (κ2) is 6.92. The average molecular weight is 284 g/mol. The van der Waals surface area contributed by atoms with Crippen molar-refractivity contribution in [3.8, 4) is 0 Å². The van der Waals surface area contributed by atoms with E-state index in [1.54, 1.807) is 4.90 Å². The Morgan fingerprint density at radius 1 is 1.10 bits per heavy atom. The third-order valence-electron chi connectivity index (χ3n) is 4.38. The number of aliphatic hydroxyl groups is 1. The van der Waals surface area contributed by atoms with Crippen molar-refractivity contribution in [3.05, 3.63) is 0 Å². The monoisotopic (exact) mass is 284 g/mol. The molecule has 0 aromatic heterocycles. The van der Waals surface area contributed by atoms with E-state index in [4.69, 9.17) is 10.2 Å². The summed E-state index contributed by atoms with van der Waals surface area (Å²) in [5, 5.41) is 18.2. The van der Waals surface area contributed by atoms with Gasteiger partial charge < -0.3 is 20.0 Å². The maximum absolute atomic E-state index is 12.6. The molecule has 2 fully saturated rings. The Labute approximate surface area is 119 Å². The number of urea groups is 1. The fourth-order valence-corrected chi connectivity index (χ4v) is 3.24. The van der Waals surface area contributed by atoms with Crippen LogP contribution in [-0.4, -0.2) is 64.3 Å². The molecule has 2 rings (SSSR count). The summed E-state index contributed by atoms with van der Waals surface area (Å²) in [5.74, 6) is -1.25. The lowest BCUT2D eigenvalue weighted by molar-refractivity contribution is -0.143. The first kappa shape index (κ1) is 15.1. The molecule has 0 aromatic carbocycles. The zero-order valence-corrected chi connectivity index (χ0v) is 11.8. The number of carbonyl (C=O) groups is 2. The molecule has 0 bridgehead atoms. The van der Waals surface area contributed by atoms with E-state index in [0.717, 1.165) is 32.2 Å². The summed E-state index contributed by atoms with van der Waals surface area (Å²) in [4.78, 5) is 27.2. The van der Waals surface area contributed by atoms with E-state index >= 15 is 0 Å². The molecule has 2 atom stereocenters. The molecule has 2 saturated heterocycles. The highest BCUT2D eigenvalue weighted by Gasteiger charge is 2.33. The van der Waals surface area contributed by atoms with Gasteiger partial charge in [0.1, 0.15) is 0 Å². The Morgan fingerprint density at radius 3 is 2.60 bits per heavy atom. The van der Waals surface area contributed by atoms with Gasteiger partial charge in [-0.3, -0.25) is 4.79 Å². The summed E-state index contributed by atoms with van der Waals surface area (Å²) in [6.07, 6.45) is 5.03. The van der Waals surface area contributed by atoms with Gasteiger partial charge in [-0.2, -0.15) is 0 Å². The number of amides is 2. The van der Waals surface area contributed by atoms with Gasteiger partial charge in [0.05, 0.1) is 5.92 Å². The summed E-state index contributed by atoms with van der Waals surface area (Å²) < 4.78 is 0. The Kier molecular flexibility index (Phi) is 5.23. The predicted molar refractivity (Wildman–Crippen MR) is 73.4 cm³/mol. The molecular formula is C14H24N2O4. The number of piperidine rings is 2. The van der Waals surface area contributed by atoms with Gasteiger partial charge in [0.15, 0.2) is 0 Å². The van der Waals surface area contributed by atoms with Crippen molar-refractivity contribution in [1.29, 1.82) is 0 Å². The third-order valence-corrected chi connectivity index (χ3v) is 4.38. The van der Waals surface area contributed by atoms with E-state index in [1.807, 2.05) is 4.90 Å². The number of nitrogens with zero attached hydrogens (tertiary/aromatic N) is 2. The number of likely N-dealkylation sites (tertiary alicyclic amines) is 2. The molecule has 2 N–H and O–H groups in total. The maximum Gasteiger partial charge on any atom is 0.320 e. The molecule has 0 radical (unpaired) electrons. The molecule has 2 unspecified atom stereocenters. The van der Waals surface area contributed by atoms with E-state index in [2.05, 4.69) is 0 Å². The number of aliphatic hydroxyl groups excluding tert-OH is 1. The Morgan fingerprint density at radius 2 is 1.90 bits per heavy atom. The quantitative estimate of drug-likeness (QED) is 0.814. The Bertz CT molecular complexity index is 359. The lowest BCUT2D eigenvalue weighted by Gasteiger charge is -2.41. The van der Waals surface area contributed by atoms with Gasteiger partial charge >= 0.3 is 12.0 Å². The van der Waals surface area contributed by atoms with Crippen LogP contribution in [0.2, 0.25) is 0 Å². The molecule has 2 aliphatic rings. The summed E-state index contributed by atoms with van der Waals surface area (Å²) in [6, 6.07) is 0.0561. The zero-order valence-electron chi connectivity index (χ0n) is 11.8. The van der Waals surface area contributed by atoms with Crippen LogP contribution in [0.3, 0.4) is 0 Å². The van der Waals surface area contributed by atoms with Crippen LogP contribution in [0.4, 0.5) is 4.79 Å². The molecular weight excluding hydrogens is 260 g/mol. The van der Waals surface area contributed by atoms with Gasteiger partial charge in [-0.05, 0) is 38.5 Å². The summed E-state index contributed by atoms with van der Waals surface area (Å²) in [7, 11) is 0. The highest BCUT2D eigenvalue weighted by Crippen LogP contribution is 2.24. The summed E-state index contributed by atoms with van der Waals surface area (Å²) in [6.45, 7) is 1.77. The minimum atomic E-state index is -0.812. The van der Waals surface area contributed by atoms with E-state index in [1.165, 1.54) is 0 Å². The fourth-order valence-electron chi connectivity index (χ4n) is 3.24. The molecule has 20 heavy (non-hydrogen) atoms. The van der Waals surface area contributed by atoms with Crippen molar-refractivity contribution >= 4 is 12.0 Å². The first-order chi connectivity index (χ1) is 9.63. The van der Waals surface area contributed by atoms with Gasteiger partial charge in [0.2, 0.25) is 0 Å². The summed E-state index contributed by atoms with van der Waals surface area (Å²) >= 11 is 0. The average Bonchev–Trinajstić information content (AvgIpc) is 2.47. The second-order valence-corrected chi connectivity index (χ2v) is 5.76. The van der Waals surface area contributed by atoms with E-state index in [0.29, 0.717) is 25.9 Å². The lowest BCUT2D eigenvalue weighted by Crippen LogP contribution is -2.53. The van der Waals surface area contributed by atoms with Crippen LogP contribution >= 0.6 is 0 Å². The second-order valence-electron chi connectivity index (χ2n) is 5.76. The number of carbonyl (C=O) groups excluding carboxylic acids is 1. The molecule has 114 valence electrons. The normalized spacial score (nSPS) is 27.4. The number of hydrogen-bond donors (Lipinski definition) is 2. The van der Waals surface area contributed by atoms with Crippen LogP contribution in [0.5, 0.6) is 0 Å². The van der Waals surface area contributed by atoms with Crippen LogP contribution in [-0.2, 0) is 4.79 Å². The molecule has 6 nitrogen and oxygen atoms in total. The number of rotatable bonds is 3. The van der Waals surface area contributed by atoms with Crippen LogP contribution in [0.1, 0.15) is 38.5 Å². The SMILES string of the molecule is O=C(O)C1CCCN(C(=O)N2CCCCC2CCO)C1. The van der Waals surface area contributed by atoms with E-state index in [-0.39, 0.29) is 18.7 Å². The molecule has 2 heterocycles. The molecule has 2 amide bonds. The third kappa shape index (κ3) is 3.42. The van der Waals surface area contributed by atoms with E-state index in [9.17, 15) is 9.59 Å². The van der Waals surface area contributed by atoms with Gasteiger partial charge in [0.25, 0.3) is 0 Å². The molecule has 0 saturated carbocycles. The van der Waals surface area contributed by atoms with Crippen LogP contribution < -0.4 is 0 Å². The minimum Gasteiger partial charge on any atom is -0.481 e. The Hall–Kier alpha value is -1.30. The molecule has 6 heteroatoms. The number of carboxylic acids is 1. The predicted octanol–water partition coefficient (Wildman–Crippen LogP) is 1.14. The van der Waals surface area contributed by atoms with Crippen LogP contribution in [0.25, 0.3) is 0 Å². The van der Waals surface area contributed by atoms with Crippen molar-refractivity contribution in [1.82, 2.24) is 9.80 Å². The maximum atomic E-state index is 12.6. The molecule has 0 aliphatic carbocycles. The van der Waals surface area contributed by atoms with Crippen LogP contribution in [0.15, 0.2) is 0 Å². The van der Waals surface area contributed by atoms with Crippen LogP contribution in [0, 0.1) is 5.92 Å². The number of hydrogen-bond acceptors (Lipinski definition) is 3. The first-order valence-corrected chi connectivity index (χ1v) is 7.52. The molecule has 0 aromatic rings. The van der Waals surface area contributed by atoms with Gasteiger partial charge in [-0.15, -0.1) is 0 Å². The standard InChI is InChI=1S/C14H24N2O4/c17-9-6-12-5-1-2-8-16(12)14(20)15-7-3-4-11(10-15)13(18)19/h11-12,17H,1-10H2,(H,18,19). The number of carboxylic acid groups (broad SMARTS) is 1. The van der Waals surface area contributed by atoms with Gasteiger partial charge in [-0.1, -0.05) is 0 Å².